The highest BCUT2D eigenvalue weighted by Crippen LogP contribution is 2.28. The fourth-order valence-electron chi connectivity index (χ4n) is 2.30. The topological polar surface area (TPSA) is 37.4 Å². The molecule has 0 N–H and O–H groups in total. The second kappa shape index (κ2) is 5.13. The van der Waals surface area contributed by atoms with E-state index < -0.39 is 0 Å². The lowest BCUT2D eigenvalue weighted by Gasteiger charge is -2.30. The van der Waals surface area contributed by atoms with Crippen LogP contribution in [0.5, 0.6) is 0 Å². The minimum absolute atomic E-state index is 0.0790. The van der Waals surface area contributed by atoms with Gasteiger partial charge in [0, 0.05) is 23.3 Å². The van der Waals surface area contributed by atoms with Crippen molar-refractivity contribution in [1.82, 2.24) is 4.90 Å². The Kier molecular flexibility index (Phi) is 3.92. The molecule has 2 heterocycles. The molecule has 0 spiro atoms. The van der Waals surface area contributed by atoms with E-state index in [1.165, 1.54) is 4.88 Å². The maximum absolute atomic E-state index is 12.2. The lowest BCUT2D eigenvalue weighted by atomic mass is 10.0. The van der Waals surface area contributed by atoms with Gasteiger partial charge in [0.15, 0.2) is 5.78 Å². The quantitative estimate of drug-likeness (QED) is 0.854. The van der Waals surface area contributed by atoms with Gasteiger partial charge in [0.1, 0.15) is 0 Å². The molecular weight excluding hydrogens is 314 g/mol. The molecule has 1 aliphatic rings. The maximum Gasteiger partial charge on any atom is 0.223 e. The molecule has 1 aromatic rings. The van der Waals surface area contributed by atoms with E-state index in [0.29, 0.717) is 12.8 Å². The summed E-state index contributed by atoms with van der Waals surface area (Å²) in [6.45, 7) is 4.19. The Labute approximate surface area is 119 Å². The minimum Gasteiger partial charge on any atom is -0.330 e. The Bertz CT molecular complexity index is 481. The monoisotopic (exact) mass is 329 g/mol. The maximum atomic E-state index is 12.2. The van der Waals surface area contributed by atoms with Crippen LogP contribution in [0.2, 0.25) is 0 Å². The third-order valence-electron chi connectivity index (χ3n) is 3.21. The third-order valence-corrected chi connectivity index (χ3v) is 4.89. The average molecular weight is 330 g/mol. The van der Waals surface area contributed by atoms with Gasteiger partial charge in [0.05, 0.1) is 10.3 Å². The van der Waals surface area contributed by atoms with E-state index in [1.807, 2.05) is 26.0 Å². The summed E-state index contributed by atoms with van der Waals surface area (Å²) < 4.78 is 1.08. The summed E-state index contributed by atoms with van der Waals surface area (Å²) in [6.07, 6.45) is 1.70. The number of Topliss-reactive ketones (excluding diaryl/α,β-unsaturated/α-hetero) is 1. The van der Waals surface area contributed by atoms with Gasteiger partial charge in [0.25, 0.3) is 0 Å². The first-order valence-corrected chi connectivity index (χ1v) is 7.56. The Morgan fingerprint density at radius 1 is 1.50 bits per heavy atom. The van der Waals surface area contributed by atoms with E-state index >= 15 is 0 Å². The molecule has 1 aromatic heterocycles. The molecule has 0 bridgehead atoms. The highest BCUT2D eigenvalue weighted by atomic mass is 79.9. The fourth-order valence-corrected chi connectivity index (χ4v) is 3.78. The Balaban J connectivity index is 1.94. The number of hydrogen-bond acceptors (Lipinski definition) is 3. The van der Waals surface area contributed by atoms with Crippen LogP contribution in [0.1, 0.15) is 31.6 Å². The number of amides is 1. The normalized spacial score (nSPS) is 18.4. The van der Waals surface area contributed by atoms with Crippen LogP contribution < -0.4 is 0 Å². The SMILES string of the molecule is CC1(C)CC(=O)CN1C(=O)CCc1ccc(Br)s1. The minimum atomic E-state index is -0.315. The van der Waals surface area contributed by atoms with Gasteiger partial charge in [-0.15, -0.1) is 11.3 Å². The van der Waals surface area contributed by atoms with E-state index in [4.69, 9.17) is 0 Å². The van der Waals surface area contributed by atoms with Crippen molar-refractivity contribution in [2.24, 2.45) is 0 Å². The second-order valence-corrected chi connectivity index (χ2v) is 7.76. The molecule has 0 aromatic carbocycles. The van der Waals surface area contributed by atoms with Crippen LogP contribution in [-0.4, -0.2) is 28.7 Å². The number of likely N-dealkylation sites (tertiary alicyclic amines) is 1. The van der Waals surface area contributed by atoms with Gasteiger partial charge in [-0.05, 0) is 48.3 Å². The standard InChI is InChI=1S/C13H16BrNO2S/c1-13(2)7-9(16)8-15(13)12(17)6-4-10-3-5-11(14)18-10/h3,5H,4,6-8H2,1-2H3. The molecule has 0 saturated carbocycles. The summed E-state index contributed by atoms with van der Waals surface area (Å²) in [5, 5.41) is 0. The smallest absolute Gasteiger partial charge is 0.223 e. The van der Waals surface area contributed by atoms with Crippen molar-refractivity contribution >= 4 is 39.0 Å². The molecule has 1 saturated heterocycles. The third kappa shape index (κ3) is 3.01. The van der Waals surface area contributed by atoms with Crippen molar-refractivity contribution in [3.63, 3.8) is 0 Å². The Hall–Kier alpha value is -0.680. The average Bonchev–Trinajstić information content (AvgIpc) is 2.78. The Morgan fingerprint density at radius 2 is 2.22 bits per heavy atom. The van der Waals surface area contributed by atoms with Crippen molar-refractivity contribution in [3.8, 4) is 0 Å². The molecule has 5 heteroatoms. The van der Waals surface area contributed by atoms with Crippen molar-refractivity contribution < 1.29 is 9.59 Å². The van der Waals surface area contributed by atoms with Crippen molar-refractivity contribution in [2.75, 3.05) is 6.54 Å². The van der Waals surface area contributed by atoms with Gasteiger partial charge >= 0.3 is 0 Å². The fraction of sp³-hybridized carbons (Fsp3) is 0.538. The number of thiophene rings is 1. The number of carbonyl (C=O) groups excluding carboxylic acids is 2. The molecule has 3 nitrogen and oxygen atoms in total. The Morgan fingerprint density at radius 3 is 2.72 bits per heavy atom. The van der Waals surface area contributed by atoms with E-state index in [-0.39, 0.29) is 23.8 Å². The molecule has 0 unspecified atom stereocenters. The predicted octanol–water partition coefficient (Wildman–Crippen LogP) is 3.02. The van der Waals surface area contributed by atoms with Crippen LogP contribution in [-0.2, 0) is 16.0 Å². The summed E-state index contributed by atoms with van der Waals surface area (Å²) in [5.74, 6) is 0.239. The first-order valence-electron chi connectivity index (χ1n) is 5.95. The van der Waals surface area contributed by atoms with E-state index in [9.17, 15) is 9.59 Å². The zero-order chi connectivity index (χ0) is 13.3. The lowest BCUT2D eigenvalue weighted by molar-refractivity contribution is -0.135. The molecule has 0 aliphatic carbocycles. The van der Waals surface area contributed by atoms with Crippen LogP contribution in [0.25, 0.3) is 0 Å². The van der Waals surface area contributed by atoms with E-state index in [0.717, 1.165) is 10.2 Å². The molecule has 1 fully saturated rings. The zero-order valence-corrected chi connectivity index (χ0v) is 12.9. The highest BCUT2D eigenvalue weighted by molar-refractivity contribution is 9.11. The lowest BCUT2D eigenvalue weighted by Crippen LogP contribution is -2.42. The van der Waals surface area contributed by atoms with Crippen molar-refractivity contribution in [3.05, 3.63) is 20.8 Å². The first-order chi connectivity index (χ1) is 8.38. The largest absolute Gasteiger partial charge is 0.330 e. The number of hydrogen-bond donors (Lipinski definition) is 0. The molecule has 0 radical (unpaired) electrons. The van der Waals surface area contributed by atoms with Crippen LogP contribution in [0.15, 0.2) is 15.9 Å². The number of aryl methyl sites for hydroxylation is 1. The zero-order valence-electron chi connectivity index (χ0n) is 10.5. The van der Waals surface area contributed by atoms with Gasteiger partial charge in [0.2, 0.25) is 5.91 Å². The van der Waals surface area contributed by atoms with Gasteiger partial charge in [-0.1, -0.05) is 0 Å². The van der Waals surface area contributed by atoms with Gasteiger partial charge < -0.3 is 4.90 Å². The number of rotatable bonds is 3. The van der Waals surface area contributed by atoms with Crippen LogP contribution >= 0.6 is 27.3 Å². The number of ketones is 1. The van der Waals surface area contributed by atoms with E-state index in [2.05, 4.69) is 15.9 Å². The van der Waals surface area contributed by atoms with Crippen molar-refractivity contribution in [1.29, 1.82) is 0 Å². The number of halogens is 1. The van der Waals surface area contributed by atoms with Crippen LogP contribution in [0, 0.1) is 0 Å². The number of carbonyl (C=O) groups is 2. The van der Waals surface area contributed by atoms with Gasteiger partial charge in [-0.2, -0.15) is 0 Å². The summed E-state index contributed by atoms with van der Waals surface area (Å²) in [5.41, 5.74) is -0.315. The highest BCUT2D eigenvalue weighted by Gasteiger charge is 2.39. The molecule has 98 valence electrons. The molecule has 1 aliphatic heterocycles. The van der Waals surface area contributed by atoms with E-state index in [1.54, 1.807) is 16.2 Å². The molecular formula is C13H16BrNO2S. The van der Waals surface area contributed by atoms with Gasteiger partial charge in [-0.25, -0.2) is 0 Å². The molecule has 2 rings (SSSR count). The summed E-state index contributed by atoms with van der Waals surface area (Å²) in [4.78, 5) is 26.5. The van der Waals surface area contributed by atoms with Crippen LogP contribution in [0.3, 0.4) is 0 Å². The first kappa shape index (κ1) is 13.7. The predicted molar refractivity (Wildman–Crippen MR) is 75.8 cm³/mol. The summed E-state index contributed by atoms with van der Waals surface area (Å²) in [7, 11) is 0. The van der Waals surface area contributed by atoms with Crippen LogP contribution in [0.4, 0.5) is 0 Å². The second-order valence-electron chi connectivity index (χ2n) is 5.21. The molecule has 18 heavy (non-hydrogen) atoms. The molecule has 0 atom stereocenters. The summed E-state index contributed by atoms with van der Waals surface area (Å²) >= 11 is 5.06. The molecule has 1 amide bonds. The number of nitrogens with zero attached hydrogens (tertiary/aromatic N) is 1. The van der Waals surface area contributed by atoms with Gasteiger partial charge in [-0.3, -0.25) is 9.59 Å². The van der Waals surface area contributed by atoms with Crippen molar-refractivity contribution in [2.45, 2.75) is 38.6 Å². The summed E-state index contributed by atoms with van der Waals surface area (Å²) in [6, 6.07) is 4.02.